The minimum Gasteiger partial charge on any atom is -0.322 e. The summed E-state index contributed by atoms with van der Waals surface area (Å²) >= 11 is 1.66. The topological polar surface area (TPSA) is 56.7 Å². The average molecular weight is 248 g/mol. The van der Waals surface area contributed by atoms with Crippen molar-refractivity contribution in [1.82, 2.24) is 14.8 Å². The number of aryl methyl sites for hydroxylation is 1. The summed E-state index contributed by atoms with van der Waals surface area (Å²) < 4.78 is 1.91. The molecule has 3 rings (SSSR count). The Morgan fingerprint density at radius 1 is 1.59 bits per heavy atom. The van der Waals surface area contributed by atoms with E-state index in [1.54, 1.807) is 11.3 Å². The average Bonchev–Trinajstić information content (AvgIpc) is 2.91. The zero-order valence-electron chi connectivity index (χ0n) is 9.84. The van der Waals surface area contributed by atoms with E-state index in [1.807, 2.05) is 17.1 Å². The third-order valence-electron chi connectivity index (χ3n) is 3.19. The third kappa shape index (κ3) is 2.12. The molecule has 1 fully saturated rings. The largest absolute Gasteiger partial charge is 0.322 e. The van der Waals surface area contributed by atoms with Gasteiger partial charge >= 0.3 is 0 Å². The van der Waals surface area contributed by atoms with E-state index < -0.39 is 0 Å². The highest BCUT2D eigenvalue weighted by Crippen LogP contribution is 2.40. The van der Waals surface area contributed by atoms with Gasteiger partial charge in [-0.25, -0.2) is 4.98 Å². The Bertz CT molecular complexity index is 512. The Balaban J connectivity index is 1.83. The predicted octanol–water partition coefficient (Wildman–Crippen LogP) is 2.44. The fraction of sp³-hybridized carbons (Fsp3) is 0.500. The first-order chi connectivity index (χ1) is 8.28. The van der Waals surface area contributed by atoms with Crippen LogP contribution in [0.25, 0.3) is 11.3 Å². The lowest BCUT2D eigenvalue weighted by molar-refractivity contribution is 0.629. The molecule has 2 aromatic heterocycles. The van der Waals surface area contributed by atoms with Crippen molar-refractivity contribution in [2.24, 2.45) is 11.7 Å². The lowest BCUT2D eigenvalue weighted by Gasteiger charge is -2.04. The molecule has 4 nitrogen and oxygen atoms in total. The number of aromatic nitrogens is 3. The molecule has 17 heavy (non-hydrogen) atoms. The molecule has 2 N–H and O–H groups in total. The van der Waals surface area contributed by atoms with Crippen LogP contribution in [0.1, 0.15) is 30.8 Å². The van der Waals surface area contributed by atoms with E-state index in [0.717, 1.165) is 22.8 Å². The number of thiazole rings is 1. The first-order valence-corrected chi connectivity index (χ1v) is 6.89. The van der Waals surface area contributed by atoms with Crippen LogP contribution < -0.4 is 5.73 Å². The maximum absolute atomic E-state index is 6.15. The first kappa shape index (κ1) is 10.9. The Morgan fingerprint density at radius 3 is 3.06 bits per heavy atom. The zero-order chi connectivity index (χ0) is 11.8. The number of hydrogen-bond donors (Lipinski definition) is 1. The van der Waals surface area contributed by atoms with E-state index in [9.17, 15) is 0 Å². The van der Waals surface area contributed by atoms with Crippen molar-refractivity contribution in [3.8, 4) is 11.3 Å². The van der Waals surface area contributed by atoms with Gasteiger partial charge in [-0.1, -0.05) is 0 Å². The van der Waals surface area contributed by atoms with Gasteiger partial charge in [-0.05, 0) is 25.7 Å². The van der Waals surface area contributed by atoms with Crippen LogP contribution >= 0.6 is 11.3 Å². The van der Waals surface area contributed by atoms with E-state index in [4.69, 9.17) is 5.73 Å². The summed E-state index contributed by atoms with van der Waals surface area (Å²) in [5.74, 6) is 0.660. The molecule has 0 aliphatic heterocycles. The molecule has 0 aromatic carbocycles. The number of hydrogen-bond acceptors (Lipinski definition) is 4. The van der Waals surface area contributed by atoms with Crippen molar-refractivity contribution in [1.29, 1.82) is 0 Å². The molecule has 1 aliphatic carbocycles. The lowest BCUT2D eigenvalue weighted by Crippen LogP contribution is -2.11. The van der Waals surface area contributed by atoms with E-state index >= 15 is 0 Å². The zero-order valence-corrected chi connectivity index (χ0v) is 10.7. The Morgan fingerprint density at radius 2 is 2.41 bits per heavy atom. The van der Waals surface area contributed by atoms with Crippen molar-refractivity contribution in [3.05, 3.63) is 22.8 Å². The normalized spacial score (nSPS) is 17.3. The van der Waals surface area contributed by atoms with E-state index in [0.29, 0.717) is 5.92 Å². The molecule has 0 bridgehead atoms. The Kier molecular flexibility index (Phi) is 2.72. The van der Waals surface area contributed by atoms with Crippen molar-refractivity contribution in [2.75, 3.05) is 0 Å². The molecule has 2 aromatic rings. The summed E-state index contributed by atoms with van der Waals surface area (Å²) in [5.41, 5.74) is 8.23. The Hall–Kier alpha value is -1.20. The summed E-state index contributed by atoms with van der Waals surface area (Å²) in [6.45, 7) is 2.96. The molecule has 5 heteroatoms. The lowest BCUT2D eigenvalue weighted by atomic mass is 10.2. The second kappa shape index (κ2) is 4.23. The predicted molar refractivity (Wildman–Crippen MR) is 68.7 cm³/mol. The van der Waals surface area contributed by atoms with Crippen molar-refractivity contribution >= 4 is 11.3 Å². The van der Waals surface area contributed by atoms with Crippen LogP contribution in [0.4, 0.5) is 0 Å². The molecular weight excluding hydrogens is 232 g/mol. The van der Waals surface area contributed by atoms with Gasteiger partial charge in [0.25, 0.3) is 0 Å². The summed E-state index contributed by atoms with van der Waals surface area (Å²) in [5, 5.41) is 7.40. The summed E-state index contributed by atoms with van der Waals surface area (Å²) in [4.78, 5) is 4.63. The summed E-state index contributed by atoms with van der Waals surface area (Å²) in [6, 6.07) is 0.134. The van der Waals surface area contributed by atoms with Crippen LogP contribution in [0.3, 0.4) is 0 Å². The molecule has 0 radical (unpaired) electrons. The van der Waals surface area contributed by atoms with E-state index in [2.05, 4.69) is 22.4 Å². The quantitative estimate of drug-likeness (QED) is 0.904. The van der Waals surface area contributed by atoms with Gasteiger partial charge in [0.2, 0.25) is 0 Å². The molecule has 0 amide bonds. The maximum atomic E-state index is 6.15. The molecule has 1 saturated carbocycles. The summed E-state index contributed by atoms with van der Waals surface area (Å²) in [6.07, 6.45) is 6.40. The molecule has 1 aliphatic rings. The van der Waals surface area contributed by atoms with E-state index in [-0.39, 0.29) is 6.04 Å². The Labute approximate surface area is 104 Å². The molecular formula is C12H16N4S. The third-order valence-corrected chi connectivity index (χ3v) is 4.14. The molecule has 0 saturated heterocycles. The van der Waals surface area contributed by atoms with Crippen LogP contribution in [-0.2, 0) is 6.54 Å². The first-order valence-electron chi connectivity index (χ1n) is 6.01. The van der Waals surface area contributed by atoms with Crippen LogP contribution in [0.5, 0.6) is 0 Å². The van der Waals surface area contributed by atoms with Crippen molar-refractivity contribution in [3.63, 3.8) is 0 Å². The second-order valence-corrected chi connectivity index (χ2v) is 5.41. The minimum absolute atomic E-state index is 0.134. The number of rotatable bonds is 4. The number of nitrogens with zero attached hydrogens (tertiary/aromatic N) is 3. The maximum Gasteiger partial charge on any atom is 0.110 e. The van der Waals surface area contributed by atoms with Gasteiger partial charge < -0.3 is 5.73 Å². The highest BCUT2D eigenvalue weighted by atomic mass is 32.1. The van der Waals surface area contributed by atoms with Gasteiger partial charge in [-0.15, -0.1) is 11.3 Å². The minimum atomic E-state index is 0.134. The van der Waals surface area contributed by atoms with Gasteiger partial charge in [0.05, 0.1) is 17.9 Å². The SMILES string of the molecule is CCn1cc(-c2csc(C(N)C3CC3)n2)cn1. The molecule has 90 valence electrons. The molecule has 0 spiro atoms. The van der Waals surface area contributed by atoms with Gasteiger partial charge in [0.1, 0.15) is 5.01 Å². The highest BCUT2D eigenvalue weighted by Gasteiger charge is 2.31. The fourth-order valence-corrected chi connectivity index (χ4v) is 2.82. The van der Waals surface area contributed by atoms with E-state index in [1.165, 1.54) is 12.8 Å². The summed E-state index contributed by atoms with van der Waals surface area (Å²) in [7, 11) is 0. The van der Waals surface area contributed by atoms with Gasteiger partial charge in [-0.3, -0.25) is 4.68 Å². The number of nitrogens with two attached hydrogens (primary N) is 1. The van der Waals surface area contributed by atoms with Crippen LogP contribution in [-0.4, -0.2) is 14.8 Å². The van der Waals surface area contributed by atoms with Gasteiger partial charge in [0, 0.05) is 23.7 Å². The van der Waals surface area contributed by atoms with Crippen molar-refractivity contribution in [2.45, 2.75) is 32.4 Å². The second-order valence-electron chi connectivity index (χ2n) is 4.52. The monoisotopic (exact) mass is 248 g/mol. The smallest absolute Gasteiger partial charge is 0.110 e. The molecule has 2 heterocycles. The van der Waals surface area contributed by atoms with Gasteiger partial charge in [0.15, 0.2) is 0 Å². The van der Waals surface area contributed by atoms with Crippen LogP contribution in [0, 0.1) is 5.92 Å². The fourth-order valence-electron chi connectivity index (χ4n) is 1.90. The van der Waals surface area contributed by atoms with Crippen LogP contribution in [0.2, 0.25) is 0 Å². The standard InChI is InChI=1S/C12H16N4S/c1-2-16-6-9(5-14-16)10-7-17-12(15-10)11(13)8-3-4-8/h5-8,11H,2-4,13H2,1H3. The highest BCUT2D eigenvalue weighted by molar-refractivity contribution is 7.10. The molecule has 1 unspecified atom stereocenters. The van der Waals surface area contributed by atoms with Crippen molar-refractivity contribution < 1.29 is 0 Å². The molecule has 1 atom stereocenters. The van der Waals surface area contributed by atoms with Gasteiger partial charge in [-0.2, -0.15) is 5.10 Å². The van der Waals surface area contributed by atoms with Crippen LogP contribution in [0.15, 0.2) is 17.8 Å².